The number of nitrogen functional groups attached to an aromatic ring is 1. The monoisotopic (exact) mass is 388 g/mol. The summed E-state index contributed by atoms with van der Waals surface area (Å²) in [6, 6.07) is 20.8. The second-order valence-electron chi connectivity index (χ2n) is 6.89. The molecule has 3 N–H and O–H groups in total. The molecule has 0 radical (unpaired) electrons. The van der Waals surface area contributed by atoms with Gasteiger partial charge in [-0.15, -0.1) is 0 Å². The summed E-state index contributed by atoms with van der Waals surface area (Å²) in [7, 11) is 0. The fraction of sp³-hybridized carbons (Fsp3) is 0.125. The number of alkyl carbamates (subject to hydrolysis) is 1. The molecule has 4 nitrogen and oxygen atoms in total. The van der Waals surface area contributed by atoms with Crippen molar-refractivity contribution in [3.8, 4) is 11.1 Å². The number of benzene rings is 3. The smallest absolute Gasteiger partial charge is 0.407 e. The van der Waals surface area contributed by atoms with Crippen LogP contribution >= 0.6 is 0 Å². The summed E-state index contributed by atoms with van der Waals surface area (Å²) in [5.41, 5.74) is 11.0. The number of fused-ring (bicyclic) bond motifs is 3. The standard InChI is InChI=1S/C24H21FN2O2/c25-23-14-17(26)12-11-16(23)6-5-13-27-24(28)29-15-22-20-9-3-1-7-18(20)19-8-2-4-10-21(19)22/h1-12,14,22H,13,15,26H2,(H,27,28). The van der Waals surface area contributed by atoms with Crippen LogP contribution in [0.4, 0.5) is 14.9 Å². The summed E-state index contributed by atoms with van der Waals surface area (Å²) < 4.78 is 19.2. The van der Waals surface area contributed by atoms with Gasteiger partial charge in [-0.25, -0.2) is 9.18 Å². The molecule has 1 amide bonds. The van der Waals surface area contributed by atoms with Crippen LogP contribution in [0.25, 0.3) is 17.2 Å². The highest BCUT2D eigenvalue weighted by Gasteiger charge is 2.28. The molecule has 146 valence electrons. The molecule has 0 atom stereocenters. The van der Waals surface area contributed by atoms with Crippen LogP contribution in [-0.4, -0.2) is 19.2 Å². The molecule has 0 saturated carbocycles. The molecular formula is C24H21FN2O2. The Morgan fingerprint density at radius 1 is 1.03 bits per heavy atom. The van der Waals surface area contributed by atoms with Crippen LogP contribution in [-0.2, 0) is 4.74 Å². The molecule has 29 heavy (non-hydrogen) atoms. The molecule has 0 spiro atoms. The number of nitrogens with one attached hydrogen (secondary N) is 1. The van der Waals surface area contributed by atoms with Crippen LogP contribution in [0.1, 0.15) is 22.6 Å². The Morgan fingerprint density at radius 3 is 2.34 bits per heavy atom. The number of halogens is 1. The lowest BCUT2D eigenvalue weighted by Gasteiger charge is -2.14. The zero-order valence-electron chi connectivity index (χ0n) is 15.8. The molecule has 1 aliphatic rings. The Morgan fingerprint density at radius 2 is 1.69 bits per heavy atom. The van der Waals surface area contributed by atoms with E-state index in [1.807, 2.05) is 24.3 Å². The van der Waals surface area contributed by atoms with E-state index in [2.05, 4.69) is 29.6 Å². The lowest BCUT2D eigenvalue weighted by Crippen LogP contribution is -2.26. The number of hydrogen-bond donors (Lipinski definition) is 2. The molecule has 0 bridgehead atoms. The van der Waals surface area contributed by atoms with E-state index in [4.69, 9.17) is 10.5 Å². The first-order chi connectivity index (χ1) is 14.1. The minimum Gasteiger partial charge on any atom is -0.449 e. The minimum atomic E-state index is -0.505. The van der Waals surface area contributed by atoms with Crippen molar-refractivity contribution in [3.05, 3.63) is 95.3 Å². The number of hydrogen-bond acceptors (Lipinski definition) is 3. The van der Waals surface area contributed by atoms with Gasteiger partial charge in [-0.3, -0.25) is 0 Å². The third-order valence-electron chi connectivity index (χ3n) is 5.03. The van der Waals surface area contributed by atoms with Crippen molar-refractivity contribution in [1.82, 2.24) is 5.32 Å². The van der Waals surface area contributed by atoms with Crippen molar-refractivity contribution < 1.29 is 13.9 Å². The second-order valence-corrected chi connectivity index (χ2v) is 6.89. The number of rotatable bonds is 5. The first-order valence-corrected chi connectivity index (χ1v) is 9.44. The van der Waals surface area contributed by atoms with Gasteiger partial charge in [-0.1, -0.05) is 66.7 Å². The quantitative estimate of drug-likeness (QED) is 0.607. The highest BCUT2D eigenvalue weighted by molar-refractivity contribution is 5.79. The summed E-state index contributed by atoms with van der Waals surface area (Å²) in [4.78, 5) is 12.1. The van der Waals surface area contributed by atoms with Crippen molar-refractivity contribution in [1.29, 1.82) is 0 Å². The van der Waals surface area contributed by atoms with Crippen LogP contribution in [0, 0.1) is 5.82 Å². The molecule has 0 saturated heterocycles. The third-order valence-corrected chi connectivity index (χ3v) is 5.03. The van der Waals surface area contributed by atoms with E-state index in [1.165, 1.54) is 28.3 Å². The Balaban J connectivity index is 1.34. The molecular weight excluding hydrogens is 367 g/mol. The molecule has 0 fully saturated rings. The SMILES string of the molecule is Nc1ccc(C=CCNC(=O)OCC2c3ccccc3-c3ccccc32)c(F)c1. The van der Waals surface area contributed by atoms with Crippen molar-refractivity contribution in [3.63, 3.8) is 0 Å². The zero-order chi connectivity index (χ0) is 20.2. The maximum Gasteiger partial charge on any atom is 0.407 e. The minimum absolute atomic E-state index is 0.0209. The zero-order valence-corrected chi connectivity index (χ0v) is 15.8. The first kappa shape index (κ1) is 18.7. The van der Waals surface area contributed by atoms with E-state index >= 15 is 0 Å². The van der Waals surface area contributed by atoms with Crippen LogP contribution in [0.15, 0.2) is 72.8 Å². The van der Waals surface area contributed by atoms with Gasteiger partial charge in [-0.2, -0.15) is 0 Å². The molecule has 4 rings (SSSR count). The third kappa shape index (κ3) is 3.99. The maximum atomic E-state index is 13.7. The average molecular weight is 388 g/mol. The van der Waals surface area contributed by atoms with Gasteiger partial charge in [0.1, 0.15) is 12.4 Å². The average Bonchev–Trinajstić information content (AvgIpc) is 3.05. The van der Waals surface area contributed by atoms with Crippen molar-refractivity contribution >= 4 is 17.9 Å². The molecule has 0 aromatic heterocycles. The van der Waals surface area contributed by atoms with Crippen LogP contribution in [0.2, 0.25) is 0 Å². The Bertz CT molecular complexity index is 1030. The summed E-state index contributed by atoms with van der Waals surface area (Å²) in [5, 5.41) is 2.66. The van der Waals surface area contributed by atoms with E-state index in [-0.39, 0.29) is 19.1 Å². The Hall–Kier alpha value is -3.60. The maximum absolute atomic E-state index is 13.7. The lowest BCUT2D eigenvalue weighted by molar-refractivity contribution is 0.144. The first-order valence-electron chi connectivity index (χ1n) is 9.44. The van der Waals surface area contributed by atoms with Crippen LogP contribution < -0.4 is 11.1 Å². The summed E-state index contributed by atoms with van der Waals surface area (Å²) >= 11 is 0. The fourth-order valence-corrected chi connectivity index (χ4v) is 3.66. The van der Waals surface area contributed by atoms with Gasteiger partial charge in [0.2, 0.25) is 0 Å². The number of carbonyl (C=O) groups excluding carboxylic acids is 1. The summed E-state index contributed by atoms with van der Waals surface area (Å²) in [6.07, 6.45) is 2.75. The highest BCUT2D eigenvalue weighted by atomic mass is 19.1. The summed E-state index contributed by atoms with van der Waals surface area (Å²) in [5.74, 6) is -0.380. The van der Waals surface area contributed by atoms with Crippen LogP contribution in [0.5, 0.6) is 0 Å². The topological polar surface area (TPSA) is 64.3 Å². The number of amides is 1. The lowest BCUT2D eigenvalue weighted by atomic mass is 9.98. The number of carbonyl (C=O) groups is 1. The van der Waals surface area contributed by atoms with E-state index in [0.717, 1.165) is 0 Å². The van der Waals surface area contributed by atoms with Gasteiger partial charge < -0.3 is 15.8 Å². The largest absolute Gasteiger partial charge is 0.449 e. The van der Waals surface area contributed by atoms with Crippen molar-refractivity contribution in [2.24, 2.45) is 0 Å². The molecule has 5 heteroatoms. The van der Waals surface area contributed by atoms with Gasteiger partial charge in [0, 0.05) is 23.7 Å². The highest BCUT2D eigenvalue weighted by Crippen LogP contribution is 2.44. The Labute approximate surface area is 168 Å². The van der Waals surface area contributed by atoms with Crippen molar-refractivity contribution in [2.75, 3.05) is 18.9 Å². The summed E-state index contributed by atoms with van der Waals surface area (Å²) in [6.45, 7) is 0.497. The van der Waals surface area contributed by atoms with E-state index in [0.29, 0.717) is 11.3 Å². The normalized spacial score (nSPS) is 12.6. The fourth-order valence-electron chi connectivity index (χ4n) is 3.66. The van der Waals surface area contributed by atoms with Gasteiger partial charge in [0.15, 0.2) is 0 Å². The predicted octanol–water partition coefficient (Wildman–Crippen LogP) is 4.96. The second kappa shape index (κ2) is 8.19. The predicted molar refractivity (Wildman–Crippen MR) is 113 cm³/mol. The number of nitrogens with two attached hydrogens (primary N) is 1. The molecule has 0 heterocycles. The molecule has 0 aliphatic heterocycles. The molecule has 1 aliphatic carbocycles. The van der Waals surface area contributed by atoms with Crippen molar-refractivity contribution in [2.45, 2.75) is 5.92 Å². The number of anilines is 1. The van der Waals surface area contributed by atoms with E-state index in [9.17, 15) is 9.18 Å². The van der Waals surface area contributed by atoms with Gasteiger partial charge in [0.25, 0.3) is 0 Å². The molecule has 0 unspecified atom stereocenters. The van der Waals surface area contributed by atoms with Gasteiger partial charge in [-0.05, 0) is 34.4 Å². The molecule has 3 aromatic carbocycles. The van der Waals surface area contributed by atoms with Gasteiger partial charge >= 0.3 is 6.09 Å². The molecule has 3 aromatic rings. The van der Waals surface area contributed by atoms with E-state index in [1.54, 1.807) is 24.3 Å². The number of ether oxygens (including phenoxy) is 1. The van der Waals surface area contributed by atoms with Gasteiger partial charge in [0.05, 0.1) is 0 Å². The Kier molecular flexibility index (Phi) is 5.29. The van der Waals surface area contributed by atoms with Crippen LogP contribution in [0.3, 0.4) is 0 Å². The van der Waals surface area contributed by atoms with E-state index < -0.39 is 11.9 Å².